The Morgan fingerprint density at radius 1 is 1.48 bits per heavy atom. The summed E-state index contributed by atoms with van der Waals surface area (Å²) in [5.74, 6) is 0.431. The third-order valence-electron chi connectivity index (χ3n) is 3.21. The lowest BCUT2D eigenvalue weighted by Crippen LogP contribution is -2.56. The highest BCUT2D eigenvalue weighted by atomic mass is 35.5. The summed E-state index contributed by atoms with van der Waals surface area (Å²) in [7, 11) is 0. The number of nitrogens with zero attached hydrogens (tertiary/aromatic N) is 1. The summed E-state index contributed by atoms with van der Waals surface area (Å²) in [6.45, 7) is 4.78. The van der Waals surface area contributed by atoms with Crippen LogP contribution < -0.4 is 0 Å². The number of carbonyl (C=O) groups excluding carboxylic acids is 1. The van der Waals surface area contributed by atoms with E-state index in [4.69, 9.17) is 16.3 Å². The van der Waals surface area contributed by atoms with Gasteiger partial charge in [-0.3, -0.25) is 4.79 Å². The molecule has 1 atom stereocenters. The standard InChI is InChI=1S/C15H20ClNO3S/c1-15(2)10-17(7-12(8-18)20-15)14(19)9-21-13-5-3-11(16)4-6-13/h3-6,12,18H,7-10H2,1-2H3. The molecule has 1 saturated heterocycles. The van der Waals surface area contributed by atoms with Crippen LogP contribution in [0.15, 0.2) is 29.2 Å². The third kappa shape index (κ3) is 4.88. The Morgan fingerprint density at radius 2 is 2.14 bits per heavy atom. The van der Waals surface area contributed by atoms with Crippen molar-refractivity contribution in [1.29, 1.82) is 0 Å². The Balaban J connectivity index is 1.91. The molecule has 1 aromatic carbocycles. The van der Waals surface area contributed by atoms with Gasteiger partial charge in [-0.25, -0.2) is 0 Å². The lowest BCUT2D eigenvalue weighted by atomic mass is 10.1. The molecule has 1 heterocycles. The first-order chi connectivity index (χ1) is 9.89. The SMILES string of the molecule is CC1(C)CN(C(=O)CSc2ccc(Cl)cc2)CC(CO)O1. The molecule has 0 bridgehead atoms. The van der Waals surface area contributed by atoms with E-state index in [2.05, 4.69) is 0 Å². The Hall–Kier alpha value is -0.750. The number of morpholine rings is 1. The Bertz CT molecular complexity index is 492. The van der Waals surface area contributed by atoms with Gasteiger partial charge in [-0.15, -0.1) is 11.8 Å². The van der Waals surface area contributed by atoms with E-state index in [-0.39, 0.29) is 18.6 Å². The maximum absolute atomic E-state index is 12.3. The second-order valence-electron chi connectivity index (χ2n) is 5.70. The number of aliphatic hydroxyl groups is 1. The molecule has 0 saturated carbocycles. The number of carbonyl (C=O) groups is 1. The summed E-state index contributed by atoms with van der Waals surface area (Å²) >= 11 is 7.32. The zero-order valence-electron chi connectivity index (χ0n) is 12.2. The number of thioether (sulfide) groups is 1. The molecule has 1 N–H and O–H groups in total. The fraction of sp³-hybridized carbons (Fsp3) is 0.533. The second kappa shape index (κ2) is 7.01. The number of aliphatic hydroxyl groups excluding tert-OH is 1. The van der Waals surface area contributed by atoms with Crippen LogP contribution in [0.1, 0.15) is 13.8 Å². The molecule has 0 spiro atoms. The predicted octanol–water partition coefficient (Wildman–Crippen LogP) is 2.43. The van der Waals surface area contributed by atoms with Crippen molar-refractivity contribution < 1.29 is 14.6 Å². The molecular weight excluding hydrogens is 310 g/mol. The van der Waals surface area contributed by atoms with E-state index in [1.54, 1.807) is 4.90 Å². The van der Waals surface area contributed by atoms with Crippen LogP contribution in [0.3, 0.4) is 0 Å². The van der Waals surface area contributed by atoms with Gasteiger partial charge in [-0.1, -0.05) is 11.6 Å². The van der Waals surface area contributed by atoms with Crippen molar-refractivity contribution in [3.8, 4) is 0 Å². The van der Waals surface area contributed by atoms with E-state index in [1.807, 2.05) is 38.1 Å². The van der Waals surface area contributed by atoms with E-state index in [0.29, 0.717) is 23.9 Å². The number of hydrogen-bond acceptors (Lipinski definition) is 4. The van der Waals surface area contributed by atoms with E-state index in [0.717, 1.165) is 4.90 Å². The molecule has 0 radical (unpaired) electrons. The smallest absolute Gasteiger partial charge is 0.233 e. The van der Waals surface area contributed by atoms with Gasteiger partial charge in [0.15, 0.2) is 0 Å². The number of rotatable bonds is 4. The molecule has 116 valence electrons. The Kier molecular flexibility index (Phi) is 5.54. The zero-order chi connectivity index (χ0) is 15.5. The van der Waals surface area contributed by atoms with Crippen LogP contribution in [0.4, 0.5) is 0 Å². The molecule has 0 aliphatic carbocycles. The highest BCUT2D eigenvalue weighted by molar-refractivity contribution is 8.00. The van der Waals surface area contributed by atoms with Crippen LogP contribution in [0.25, 0.3) is 0 Å². The monoisotopic (exact) mass is 329 g/mol. The summed E-state index contributed by atoms with van der Waals surface area (Å²) < 4.78 is 5.71. The van der Waals surface area contributed by atoms with Gasteiger partial charge < -0.3 is 14.7 Å². The maximum Gasteiger partial charge on any atom is 0.233 e. The van der Waals surface area contributed by atoms with Gasteiger partial charge in [0.1, 0.15) is 0 Å². The Morgan fingerprint density at radius 3 is 2.76 bits per heavy atom. The first-order valence-electron chi connectivity index (χ1n) is 6.84. The van der Waals surface area contributed by atoms with Crippen molar-refractivity contribution >= 4 is 29.3 Å². The minimum atomic E-state index is -0.424. The van der Waals surface area contributed by atoms with Gasteiger partial charge in [0.25, 0.3) is 0 Å². The topological polar surface area (TPSA) is 49.8 Å². The number of halogens is 1. The normalized spacial score (nSPS) is 21.3. The third-order valence-corrected chi connectivity index (χ3v) is 4.46. The predicted molar refractivity (Wildman–Crippen MR) is 84.8 cm³/mol. The summed E-state index contributed by atoms with van der Waals surface area (Å²) in [5.41, 5.74) is -0.424. The average molecular weight is 330 g/mol. The fourth-order valence-electron chi connectivity index (χ4n) is 2.35. The summed E-state index contributed by atoms with van der Waals surface area (Å²) in [5, 5.41) is 9.96. The van der Waals surface area contributed by atoms with Gasteiger partial charge in [0, 0.05) is 23.0 Å². The van der Waals surface area contributed by atoms with Crippen molar-refractivity contribution in [2.45, 2.75) is 30.4 Å². The van der Waals surface area contributed by atoms with Gasteiger partial charge in [-0.2, -0.15) is 0 Å². The fourth-order valence-corrected chi connectivity index (χ4v) is 3.28. The molecule has 6 heteroatoms. The van der Waals surface area contributed by atoms with Crippen molar-refractivity contribution in [2.24, 2.45) is 0 Å². The molecule has 1 aliphatic heterocycles. The molecule has 0 aromatic heterocycles. The molecule has 1 fully saturated rings. The van der Waals surface area contributed by atoms with Crippen LogP contribution in [-0.4, -0.2) is 53.1 Å². The van der Waals surface area contributed by atoms with Crippen LogP contribution in [-0.2, 0) is 9.53 Å². The van der Waals surface area contributed by atoms with E-state index >= 15 is 0 Å². The first kappa shape index (κ1) is 16.6. The van der Waals surface area contributed by atoms with Gasteiger partial charge in [0.05, 0.1) is 24.1 Å². The number of amides is 1. The molecule has 2 rings (SSSR count). The van der Waals surface area contributed by atoms with Crippen LogP contribution >= 0.6 is 23.4 Å². The van der Waals surface area contributed by atoms with E-state index in [9.17, 15) is 9.90 Å². The second-order valence-corrected chi connectivity index (χ2v) is 7.18. The first-order valence-corrected chi connectivity index (χ1v) is 8.21. The quantitative estimate of drug-likeness (QED) is 0.862. The molecule has 4 nitrogen and oxygen atoms in total. The van der Waals surface area contributed by atoms with Crippen LogP contribution in [0.2, 0.25) is 5.02 Å². The minimum absolute atomic E-state index is 0.0600. The van der Waals surface area contributed by atoms with E-state index < -0.39 is 5.60 Å². The van der Waals surface area contributed by atoms with Gasteiger partial charge in [0.2, 0.25) is 5.91 Å². The van der Waals surface area contributed by atoms with Crippen LogP contribution in [0, 0.1) is 0 Å². The summed E-state index contributed by atoms with van der Waals surface area (Å²) in [6.07, 6.45) is -0.307. The zero-order valence-corrected chi connectivity index (χ0v) is 13.8. The van der Waals surface area contributed by atoms with Crippen molar-refractivity contribution in [2.75, 3.05) is 25.4 Å². The minimum Gasteiger partial charge on any atom is -0.394 e. The molecule has 1 aromatic rings. The molecular formula is C15H20ClNO3S. The van der Waals surface area contributed by atoms with Crippen molar-refractivity contribution in [3.63, 3.8) is 0 Å². The number of ether oxygens (including phenoxy) is 1. The average Bonchev–Trinajstić information content (AvgIpc) is 2.44. The van der Waals surface area contributed by atoms with Gasteiger partial charge in [-0.05, 0) is 38.1 Å². The number of benzene rings is 1. The lowest BCUT2D eigenvalue weighted by Gasteiger charge is -2.42. The van der Waals surface area contributed by atoms with E-state index in [1.165, 1.54) is 11.8 Å². The molecule has 1 unspecified atom stereocenters. The molecule has 21 heavy (non-hydrogen) atoms. The Labute approximate surface area is 134 Å². The van der Waals surface area contributed by atoms with Crippen molar-refractivity contribution in [1.82, 2.24) is 4.90 Å². The lowest BCUT2D eigenvalue weighted by molar-refractivity contribution is -0.165. The summed E-state index contributed by atoms with van der Waals surface area (Å²) in [6, 6.07) is 7.43. The van der Waals surface area contributed by atoms with Crippen molar-refractivity contribution in [3.05, 3.63) is 29.3 Å². The van der Waals surface area contributed by atoms with Gasteiger partial charge >= 0.3 is 0 Å². The highest BCUT2D eigenvalue weighted by Gasteiger charge is 2.35. The number of hydrogen-bond donors (Lipinski definition) is 1. The molecule has 1 aliphatic rings. The largest absolute Gasteiger partial charge is 0.394 e. The summed E-state index contributed by atoms with van der Waals surface area (Å²) in [4.78, 5) is 15.1. The maximum atomic E-state index is 12.3. The van der Waals surface area contributed by atoms with Crippen LogP contribution in [0.5, 0.6) is 0 Å². The highest BCUT2D eigenvalue weighted by Crippen LogP contribution is 2.24. The molecule has 1 amide bonds.